The van der Waals surface area contributed by atoms with Crippen molar-refractivity contribution in [1.29, 1.82) is 0 Å². The number of amides is 2. The first-order valence-electron chi connectivity index (χ1n) is 7.04. The fourth-order valence-corrected chi connectivity index (χ4v) is 2.09. The number of hydrogen-bond donors (Lipinski definition) is 2. The van der Waals surface area contributed by atoms with Gasteiger partial charge in [0.2, 0.25) is 0 Å². The lowest BCUT2D eigenvalue weighted by Gasteiger charge is -2.09. The number of halogens is 1. The molecule has 2 amide bonds. The van der Waals surface area contributed by atoms with Crippen LogP contribution in [-0.4, -0.2) is 24.4 Å². The molecule has 2 aromatic carbocycles. The molecule has 3 N–H and O–H groups in total. The van der Waals surface area contributed by atoms with Crippen LogP contribution in [0.2, 0.25) is 5.02 Å². The molecule has 6 nitrogen and oxygen atoms in total. The van der Waals surface area contributed by atoms with E-state index in [4.69, 9.17) is 22.1 Å². The fraction of sp³-hybridized carbons (Fsp3) is 0.118. The molecular formula is C17H15ClN2O4. The Morgan fingerprint density at radius 1 is 1.04 bits per heavy atom. The van der Waals surface area contributed by atoms with Crippen LogP contribution in [0.5, 0.6) is 0 Å². The molecule has 0 heterocycles. The monoisotopic (exact) mass is 346 g/mol. The van der Waals surface area contributed by atoms with Crippen LogP contribution in [0, 0.1) is 0 Å². The van der Waals surface area contributed by atoms with Crippen molar-refractivity contribution in [1.82, 2.24) is 0 Å². The predicted molar refractivity (Wildman–Crippen MR) is 89.7 cm³/mol. The second-order valence-electron chi connectivity index (χ2n) is 4.92. The Bertz CT molecular complexity index is 759. The molecule has 0 spiro atoms. The lowest BCUT2D eigenvalue weighted by Crippen LogP contribution is -2.23. The number of esters is 1. The van der Waals surface area contributed by atoms with E-state index in [1.165, 1.54) is 12.1 Å². The highest BCUT2D eigenvalue weighted by Gasteiger charge is 2.12. The quantitative estimate of drug-likeness (QED) is 0.783. The lowest BCUT2D eigenvalue weighted by atomic mass is 10.1. The van der Waals surface area contributed by atoms with E-state index >= 15 is 0 Å². The molecule has 124 valence electrons. The van der Waals surface area contributed by atoms with E-state index in [1.807, 2.05) is 0 Å². The highest BCUT2D eigenvalue weighted by Crippen LogP contribution is 2.14. The molecule has 0 saturated carbocycles. The molecule has 0 aliphatic heterocycles. The van der Waals surface area contributed by atoms with Crippen LogP contribution in [0.25, 0.3) is 0 Å². The van der Waals surface area contributed by atoms with E-state index in [-0.39, 0.29) is 17.7 Å². The van der Waals surface area contributed by atoms with Gasteiger partial charge >= 0.3 is 5.97 Å². The van der Waals surface area contributed by atoms with Gasteiger partial charge in [-0.3, -0.25) is 14.4 Å². The van der Waals surface area contributed by atoms with Gasteiger partial charge < -0.3 is 15.8 Å². The average Bonchev–Trinajstić information content (AvgIpc) is 2.55. The van der Waals surface area contributed by atoms with Crippen LogP contribution in [0.15, 0.2) is 48.5 Å². The number of ether oxygens (including phenoxy) is 1. The van der Waals surface area contributed by atoms with Gasteiger partial charge in [-0.15, -0.1) is 0 Å². The lowest BCUT2D eigenvalue weighted by molar-refractivity contribution is -0.146. The topological polar surface area (TPSA) is 98.5 Å². The van der Waals surface area contributed by atoms with Gasteiger partial charge in [-0.25, -0.2) is 0 Å². The summed E-state index contributed by atoms with van der Waals surface area (Å²) < 4.78 is 4.91. The van der Waals surface area contributed by atoms with Gasteiger partial charge in [0.1, 0.15) is 0 Å². The third kappa shape index (κ3) is 5.10. The summed E-state index contributed by atoms with van der Waals surface area (Å²) >= 11 is 5.76. The summed E-state index contributed by atoms with van der Waals surface area (Å²) in [5.41, 5.74) is 6.40. The summed E-state index contributed by atoms with van der Waals surface area (Å²) in [4.78, 5) is 34.8. The molecular weight excluding hydrogens is 332 g/mol. The molecule has 0 atom stereocenters. The number of nitrogens with one attached hydrogen (secondary N) is 1. The number of hydrogen-bond acceptors (Lipinski definition) is 4. The molecule has 7 heteroatoms. The predicted octanol–water partition coefficient (Wildman–Crippen LogP) is 2.16. The van der Waals surface area contributed by atoms with Gasteiger partial charge in [0.25, 0.3) is 11.8 Å². The molecule has 0 bridgehead atoms. The van der Waals surface area contributed by atoms with Crippen LogP contribution >= 0.6 is 11.6 Å². The SMILES string of the molecule is NC(=O)c1ccccc1NC(=O)COC(=O)Cc1ccc(Cl)cc1. The van der Waals surface area contributed by atoms with Crippen molar-refractivity contribution in [2.45, 2.75) is 6.42 Å². The molecule has 0 saturated heterocycles. The van der Waals surface area contributed by atoms with Gasteiger partial charge in [0.15, 0.2) is 6.61 Å². The Balaban J connectivity index is 1.86. The van der Waals surface area contributed by atoms with E-state index < -0.39 is 24.4 Å². The number of benzene rings is 2. The smallest absolute Gasteiger partial charge is 0.310 e. The fourth-order valence-electron chi connectivity index (χ4n) is 1.96. The highest BCUT2D eigenvalue weighted by molar-refractivity contribution is 6.30. The Kier molecular flexibility index (Phi) is 5.92. The van der Waals surface area contributed by atoms with Gasteiger partial charge in [-0.1, -0.05) is 35.9 Å². The zero-order valence-corrected chi connectivity index (χ0v) is 13.4. The van der Waals surface area contributed by atoms with Crippen LogP contribution in [0.4, 0.5) is 5.69 Å². The Morgan fingerprint density at radius 2 is 1.71 bits per heavy atom. The van der Waals surface area contributed by atoms with Crippen LogP contribution < -0.4 is 11.1 Å². The van der Waals surface area contributed by atoms with Gasteiger partial charge in [-0.05, 0) is 29.8 Å². The largest absolute Gasteiger partial charge is 0.455 e. The standard InChI is InChI=1S/C17H15ClN2O4/c18-12-7-5-11(6-8-12)9-16(22)24-10-15(21)20-14-4-2-1-3-13(14)17(19)23/h1-8H,9-10H2,(H2,19,23)(H,20,21). The maximum absolute atomic E-state index is 11.8. The summed E-state index contributed by atoms with van der Waals surface area (Å²) in [7, 11) is 0. The number of para-hydroxylation sites is 1. The van der Waals surface area contributed by atoms with E-state index in [0.29, 0.717) is 5.02 Å². The number of nitrogens with two attached hydrogens (primary N) is 1. The first-order chi connectivity index (χ1) is 11.5. The van der Waals surface area contributed by atoms with E-state index in [1.54, 1.807) is 36.4 Å². The Hall–Kier alpha value is -2.86. The second-order valence-corrected chi connectivity index (χ2v) is 5.36. The molecule has 0 aromatic heterocycles. The van der Waals surface area contributed by atoms with E-state index in [9.17, 15) is 14.4 Å². The summed E-state index contributed by atoms with van der Waals surface area (Å²) in [5, 5.41) is 3.05. The van der Waals surface area contributed by atoms with Crippen molar-refractivity contribution in [3.63, 3.8) is 0 Å². The van der Waals surface area contributed by atoms with Crippen molar-refractivity contribution >= 4 is 35.1 Å². The highest BCUT2D eigenvalue weighted by atomic mass is 35.5. The minimum absolute atomic E-state index is 0.0301. The van der Waals surface area contributed by atoms with Crippen molar-refractivity contribution in [2.75, 3.05) is 11.9 Å². The molecule has 2 rings (SSSR count). The minimum Gasteiger partial charge on any atom is -0.455 e. The van der Waals surface area contributed by atoms with Gasteiger partial charge in [0.05, 0.1) is 17.7 Å². The van der Waals surface area contributed by atoms with Crippen LogP contribution in [0.3, 0.4) is 0 Å². The zero-order chi connectivity index (χ0) is 17.5. The molecule has 0 aliphatic carbocycles. The van der Waals surface area contributed by atoms with Crippen molar-refractivity contribution in [3.05, 3.63) is 64.7 Å². The number of primary amides is 1. The molecule has 0 radical (unpaired) electrons. The van der Waals surface area contributed by atoms with E-state index in [0.717, 1.165) is 5.56 Å². The second kappa shape index (κ2) is 8.12. The molecule has 0 fully saturated rings. The normalized spacial score (nSPS) is 10.0. The number of anilines is 1. The third-order valence-corrected chi connectivity index (χ3v) is 3.34. The number of carbonyl (C=O) groups excluding carboxylic acids is 3. The summed E-state index contributed by atoms with van der Waals surface area (Å²) in [6.07, 6.45) is 0.0301. The summed E-state index contributed by atoms with van der Waals surface area (Å²) in [6.45, 7) is -0.459. The Morgan fingerprint density at radius 3 is 2.38 bits per heavy atom. The van der Waals surface area contributed by atoms with Crippen LogP contribution in [-0.2, 0) is 20.7 Å². The van der Waals surface area contributed by atoms with Crippen LogP contribution in [0.1, 0.15) is 15.9 Å². The average molecular weight is 347 g/mol. The maximum Gasteiger partial charge on any atom is 0.310 e. The third-order valence-electron chi connectivity index (χ3n) is 3.09. The molecule has 24 heavy (non-hydrogen) atoms. The molecule has 0 aliphatic rings. The van der Waals surface area contributed by atoms with Gasteiger partial charge in [0, 0.05) is 5.02 Å². The van der Waals surface area contributed by atoms with E-state index in [2.05, 4.69) is 5.32 Å². The Labute approximate surface area is 143 Å². The number of rotatable bonds is 6. The number of carbonyl (C=O) groups is 3. The summed E-state index contributed by atoms with van der Waals surface area (Å²) in [5.74, 6) is -1.77. The first kappa shape index (κ1) is 17.5. The molecule has 2 aromatic rings. The first-order valence-corrected chi connectivity index (χ1v) is 7.42. The molecule has 0 unspecified atom stereocenters. The minimum atomic E-state index is -0.661. The van der Waals surface area contributed by atoms with Crippen molar-refractivity contribution in [3.8, 4) is 0 Å². The van der Waals surface area contributed by atoms with Gasteiger partial charge in [-0.2, -0.15) is 0 Å². The van der Waals surface area contributed by atoms with Crippen molar-refractivity contribution < 1.29 is 19.1 Å². The zero-order valence-electron chi connectivity index (χ0n) is 12.6. The summed E-state index contributed by atoms with van der Waals surface area (Å²) in [6, 6.07) is 13.0. The maximum atomic E-state index is 11.8. The van der Waals surface area contributed by atoms with Crippen molar-refractivity contribution in [2.24, 2.45) is 5.73 Å².